The summed E-state index contributed by atoms with van der Waals surface area (Å²) in [6, 6.07) is 0. The van der Waals surface area contributed by atoms with Gasteiger partial charge in [0.2, 0.25) is 10.0 Å². The number of rotatable bonds is 7. The standard InChI is InChI=1S/C7H17N3O3S/c1-3-10(6-7(8)9)14(11,12)5-4-13-2/h3-6H2,1-2H3,(H3,8,9). The van der Waals surface area contributed by atoms with Crippen LogP contribution in [0.15, 0.2) is 0 Å². The highest BCUT2D eigenvalue weighted by molar-refractivity contribution is 7.89. The highest BCUT2D eigenvalue weighted by atomic mass is 32.2. The van der Waals surface area contributed by atoms with E-state index in [0.29, 0.717) is 6.54 Å². The van der Waals surface area contributed by atoms with Gasteiger partial charge in [-0.25, -0.2) is 8.42 Å². The van der Waals surface area contributed by atoms with E-state index in [9.17, 15) is 8.42 Å². The number of hydrogen-bond donors (Lipinski definition) is 2. The van der Waals surface area contributed by atoms with Crippen molar-refractivity contribution in [3.05, 3.63) is 0 Å². The Balaban J connectivity index is 4.41. The molecule has 0 aliphatic rings. The van der Waals surface area contributed by atoms with Gasteiger partial charge in [0.1, 0.15) is 5.84 Å². The molecule has 0 aromatic carbocycles. The van der Waals surface area contributed by atoms with Crippen LogP contribution >= 0.6 is 0 Å². The maximum absolute atomic E-state index is 11.5. The Labute approximate surface area is 84.6 Å². The van der Waals surface area contributed by atoms with E-state index in [2.05, 4.69) is 4.74 Å². The first-order valence-corrected chi connectivity index (χ1v) is 5.84. The summed E-state index contributed by atoms with van der Waals surface area (Å²) in [5.41, 5.74) is 5.14. The number of amidine groups is 1. The highest BCUT2D eigenvalue weighted by Crippen LogP contribution is 2.00. The molecular weight excluding hydrogens is 206 g/mol. The molecule has 0 fully saturated rings. The van der Waals surface area contributed by atoms with Gasteiger partial charge in [0.25, 0.3) is 0 Å². The number of ether oxygens (including phenoxy) is 1. The first kappa shape index (κ1) is 13.3. The molecule has 0 heterocycles. The molecule has 14 heavy (non-hydrogen) atoms. The molecule has 0 saturated carbocycles. The fourth-order valence-electron chi connectivity index (χ4n) is 0.915. The van der Waals surface area contributed by atoms with Crippen LogP contribution in [0, 0.1) is 5.41 Å². The zero-order valence-electron chi connectivity index (χ0n) is 8.49. The van der Waals surface area contributed by atoms with Crippen LogP contribution in [0.3, 0.4) is 0 Å². The van der Waals surface area contributed by atoms with E-state index in [1.807, 2.05) is 0 Å². The van der Waals surface area contributed by atoms with Crippen molar-refractivity contribution in [3.63, 3.8) is 0 Å². The van der Waals surface area contributed by atoms with E-state index in [0.717, 1.165) is 4.31 Å². The van der Waals surface area contributed by atoms with Gasteiger partial charge in [-0.3, -0.25) is 5.41 Å². The fourth-order valence-corrected chi connectivity index (χ4v) is 2.28. The van der Waals surface area contributed by atoms with Crippen LogP contribution < -0.4 is 5.73 Å². The molecule has 0 radical (unpaired) electrons. The lowest BCUT2D eigenvalue weighted by Gasteiger charge is -2.19. The number of nitrogens with one attached hydrogen (secondary N) is 1. The zero-order valence-corrected chi connectivity index (χ0v) is 9.30. The summed E-state index contributed by atoms with van der Waals surface area (Å²) in [7, 11) is -1.90. The summed E-state index contributed by atoms with van der Waals surface area (Å²) in [6.45, 7) is 2.11. The minimum absolute atomic E-state index is 0.0530. The van der Waals surface area contributed by atoms with Crippen LogP contribution in [0.1, 0.15) is 6.92 Å². The normalized spacial score (nSPS) is 11.9. The average Bonchev–Trinajstić information content (AvgIpc) is 2.10. The number of likely N-dealkylation sites (N-methyl/N-ethyl adjacent to an activating group) is 1. The molecule has 0 unspecified atom stereocenters. The molecule has 0 amide bonds. The Hall–Kier alpha value is -0.660. The van der Waals surface area contributed by atoms with Crippen LogP contribution in [0.4, 0.5) is 0 Å². The van der Waals surface area contributed by atoms with Gasteiger partial charge in [-0.05, 0) is 0 Å². The Kier molecular flexibility index (Phi) is 5.66. The van der Waals surface area contributed by atoms with Gasteiger partial charge in [-0.15, -0.1) is 0 Å². The third-order valence-electron chi connectivity index (χ3n) is 1.64. The number of nitrogens with zero attached hydrogens (tertiary/aromatic N) is 1. The summed E-state index contributed by atoms with van der Waals surface area (Å²) in [5.74, 6) is -0.238. The molecular formula is C7H17N3O3S. The topological polar surface area (TPSA) is 96.5 Å². The first-order valence-electron chi connectivity index (χ1n) is 4.23. The van der Waals surface area contributed by atoms with E-state index in [1.165, 1.54) is 7.11 Å². The van der Waals surface area contributed by atoms with Gasteiger partial charge in [-0.1, -0.05) is 6.92 Å². The predicted octanol–water partition coefficient (Wildman–Crippen LogP) is -0.780. The Morgan fingerprint density at radius 1 is 1.57 bits per heavy atom. The van der Waals surface area contributed by atoms with Crippen LogP contribution in [-0.4, -0.2) is 51.1 Å². The van der Waals surface area contributed by atoms with Crippen LogP contribution in [0.5, 0.6) is 0 Å². The fraction of sp³-hybridized carbons (Fsp3) is 0.857. The molecule has 6 nitrogen and oxygen atoms in total. The van der Waals surface area contributed by atoms with Crippen molar-refractivity contribution in [1.82, 2.24) is 4.31 Å². The lowest BCUT2D eigenvalue weighted by Crippen LogP contribution is -2.39. The van der Waals surface area contributed by atoms with Crippen molar-refractivity contribution in [1.29, 1.82) is 5.41 Å². The molecule has 0 aromatic heterocycles. The van der Waals surface area contributed by atoms with Crippen molar-refractivity contribution >= 4 is 15.9 Å². The highest BCUT2D eigenvalue weighted by Gasteiger charge is 2.20. The summed E-state index contributed by atoms with van der Waals surface area (Å²) in [5, 5.41) is 7.03. The van der Waals surface area contributed by atoms with Crippen molar-refractivity contribution in [2.24, 2.45) is 5.73 Å². The van der Waals surface area contributed by atoms with Crippen LogP contribution in [-0.2, 0) is 14.8 Å². The van der Waals surface area contributed by atoms with Gasteiger partial charge < -0.3 is 10.5 Å². The third kappa shape index (κ3) is 4.54. The van der Waals surface area contributed by atoms with E-state index in [4.69, 9.17) is 11.1 Å². The van der Waals surface area contributed by atoms with E-state index < -0.39 is 10.0 Å². The maximum Gasteiger partial charge on any atom is 0.216 e. The van der Waals surface area contributed by atoms with Crippen LogP contribution in [0.2, 0.25) is 0 Å². The first-order chi connectivity index (χ1) is 6.44. The van der Waals surface area contributed by atoms with Crippen molar-refractivity contribution in [2.75, 3.05) is 32.6 Å². The quantitative estimate of drug-likeness (QED) is 0.437. The predicted molar refractivity (Wildman–Crippen MR) is 54.8 cm³/mol. The SMILES string of the molecule is CCN(CC(=N)N)S(=O)(=O)CCOC. The smallest absolute Gasteiger partial charge is 0.216 e. The number of hydrogen-bond acceptors (Lipinski definition) is 4. The van der Waals surface area contributed by atoms with Crippen molar-refractivity contribution in [2.45, 2.75) is 6.92 Å². The lowest BCUT2D eigenvalue weighted by molar-refractivity contribution is 0.215. The van der Waals surface area contributed by atoms with Gasteiger partial charge in [0.05, 0.1) is 18.9 Å². The summed E-state index contributed by atoms with van der Waals surface area (Å²) < 4.78 is 28.9. The average molecular weight is 223 g/mol. The molecule has 0 aliphatic heterocycles. The number of nitrogens with two attached hydrogens (primary N) is 1. The molecule has 0 saturated heterocycles. The second-order valence-corrected chi connectivity index (χ2v) is 4.85. The molecule has 7 heteroatoms. The third-order valence-corrected chi connectivity index (χ3v) is 3.49. The molecule has 0 rings (SSSR count). The lowest BCUT2D eigenvalue weighted by atomic mass is 10.6. The monoisotopic (exact) mass is 223 g/mol. The Morgan fingerprint density at radius 3 is 2.50 bits per heavy atom. The molecule has 0 bridgehead atoms. The molecule has 0 spiro atoms. The second kappa shape index (κ2) is 5.94. The second-order valence-electron chi connectivity index (χ2n) is 2.76. The minimum Gasteiger partial charge on any atom is -0.387 e. The zero-order chi connectivity index (χ0) is 11.2. The van der Waals surface area contributed by atoms with E-state index >= 15 is 0 Å². The largest absolute Gasteiger partial charge is 0.387 e. The van der Waals surface area contributed by atoms with E-state index in [1.54, 1.807) is 6.92 Å². The Bertz CT molecular complexity index is 276. The van der Waals surface area contributed by atoms with Gasteiger partial charge in [-0.2, -0.15) is 4.31 Å². The number of methoxy groups -OCH3 is 1. The summed E-state index contributed by atoms with van der Waals surface area (Å²) in [4.78, 5) is 0. The van der Waals surface area contributed by atoms with Crippen molar-refractivity contribution < 1.29 is 13.2 Å². The van der Waals surface area contributed by atoms with E-state index in [-0.39, 0.29) is 24.7 Å². The molecule has 0 aromatic rings. The van der Waals surface area contributed by atoms with Crippen LogP contribution in [0.25, 0.3) is 0 Å². The summed E-state index contributed by atoms with van der Waals surface area (Å²) >= 11 is 0. The minimum atomic E-state index is -3.34. The number of sulfonamides is 1. The maximum atomic E-state index is 11.5. The van der Waals surface area contributed by atoms with Gasteiger partial charge in [0.15, 0.2) is 0 Å². The molecule has 0 aliphatic carbocycles. The molecule has 0 atom stereocenters. The van der Waals surface area contributed by atoms with Gasteiger partial charge >= 0.3 is 0 Å². The molecule has 84 valence electrons. The summed E-state index contributed by atoms with van der Waals surface area (Å²) in [6.07, 6.45) is 0. The van der Waals surface area contributed by atoms with Crippen molar-refractivity contribution in [3.8, 4) is 0 Å². The molecule has 3 N–H and O–H groups in total. The Morgan fingerprint density at radius 2 is 2.14 bits per heavy atom. The van der Waals surface area contributed by atoms with Gasteiger partial charge in [0, 0.05) is 13.7 Å².